The van der Waals surface area contributed by atoms with Crippen molar-refractivity contribution in [1.29, 1.82) is 0 Å². The van der Waals surface area contributed by atoms with E-state index in [4.69, 9.17) is 9.47 Å². The maximum atomic E-state index is 5.85. The molecule has 136 valence electrons. The minimum atomic E-state index is 0.345. The van der Waals surface area contributed by atoms with E-state index in [1.807, 2.05) is 6.07 Å². The molecule has 3 heteroatoms. The fraction of sp³-hybridized carbons (Fsp3) is 0.391. The molecule has 4 rings (SSSR count). The number of nitrogens with zero attached hydrogens (tertiary/aromatic N) is 1. The average molecular weight is 349 g/mol. The highest BCUT2D eigenvalue weighted by molar-refractivity contribution is 5.69. The molecule has 1 fully saturated rings. The van der Waals surface area contributed by atoms with E-state index in [1.165, 1.54) is 16.7 Å². The third-order valence-electron chi connectivity index (χ3n) is 5.23. The van der Waals surface area contributed by atoms with E-state index in [1.54, 1.807) is 0 Å². The predicted octanol–water partition coefficient (Wildman–Crippen LogP) is 4.53. The van der Waals surface area contributed by atoms with Crippen molar-refractivity contribution in [3.8, 4) is 5.75 Å². The van der Waals surface area contributed by atoms with E-state index in [2.05, 4.69) is 66.4 Å². The molecule has 2 aliphatic rings. The van der Waals surface area contributed by atoms with Crippen molar-refractivity contribution in [1.82, 2.24) is 4.90 Å². The number of morpholine rings is 1. The maximum Gasteiger partial charge on any atom is 0.119 e. The normalized spacial score (nSPS) is 22.7. The van der Waals surface area contributed by atoms with E-state index in [0.717, 1.165) is 45.0 Å². The highest BCUT2D eigenvalue weighted by atomic mass is 16.5. The second-order valence-electron chi connectivity index (χ2n) is 7.19. The van der Waals surface area contributed by atoms with Crippen LogP contribution in [0.15, 0.2) is 60.7 Å². The zero-order valence-electron chi connectivity index (χ0n) is 15.4. The van der Waals surface area contributed by atoms with Crippen molar-refractivity contribution in [2.75, 3.05) is 19.8 Å². The van der Waals surface area contributed by atoms with E-state index in [-0.39, 0.29) is 0 Å². The van der Waals surface area contributed by atoms with Crippen LogP contribution in [0.3, 0.4) is 0 Å². The molecule has 0 N–H and O–H groups in total. The molecule has 26 heavy (non-hydrogen) atoms. The largest absolute Gasteiger partial charge is 0.494 e. The summed E-state index contributed by atoms with van der Waals surface area (Å²) in [5.41, 5.74) is 4.08. The minimum absolute atomic E-state index is 0.345. The summed E-state index contributed by atoms with van der Waals surface area (Å²) >= 11 is 0. The molecule has 2 aromatic rings. The minimum Gasteiger partial charge on any atom is -0.494 e. The molecule has 3 nitrogen and oxygen atoms in total. The number of ether oxygens (including phenoxy) is 2. The Balaban J connectivity index is 1.55. The molecule has 2 heterocycles. The van der Waals surface area contributed by atoms with Crippen molar-refractivity contribution >= 4 is 5.57 Å². The summed E-state index contributed by atoms with van der Waals surface area (Å²) in [6.07, 6.45) is 4.46. The molecule has 0 radical (unpaired) electrons. The lowest BCUT2D eigenvalue weighted by Gasteiger charge is -2.45. The van der Waals surface area contributed by atoms with Gasteiger partial charge in [-0.05, 0) is 41.7 Å². The van der Waals surface area contributed by atoms with Gasteiger partial charge in [-0.1, -0.05) is 55.5 Å². The Morgan fingerprint density at radius 3 is 2.77 bits per heavy atom. The van der Waals surface area contributed by atoms with Crippen molar-refractivity contribution in [3.05, 3.63) is 71.8 Å². The number of rotatable bonds is 6. The fourth-order valence-corrected chi connectivity index (χ4v) is 3.92. The highest BCUT2D eigenvalue weighted by Crippen LogP contribution is 2.34. The number of hydrogen-bond acceptors (Lipinski definition) is 3. The Morgan fingerprint density at radius 2 is 1.96 bits per heavy atom. The van der Waals surface area contributed by atoms with E-state index >= 15 is 0 Å². The predicted molar refractivity (Wildman–Crippen MR) is 105 cm³/mol. The summed E-state index contributed by atoms with van der Waals surface area (Å²) in [5.74, 6) is 0.971. The molecule has 2 unspecified atom stereocenters. The average Bonchev–Trinajstić information content (AvgIpc) is 2.67. The zero-order chi connectivity index (χ0) is 17.8. The van der Waals surface area contributed by atoms with Crippen molar-refractivity contribution in [2.24, 2.45) is 0 Å². The molecule has 0 spiro atoms. The van der Waals surface area contributed by atoms with Crippen LogP contribution in [-0.4, -0.2) is 36.8 Å². The van der Waals surface area contributed by atoms with Crippen LogP contribution in [0.5, 0.6) is 5.75 Å². The van der Waals surface area contributed by atoms with Gasteiger partial charge in [-0.3, -0.25) is 4.90 Å². The van der Waals surface area contributed by atoms with Crippen LogP contribution in [0.1, 0.15) is 30.9 Å². The molecule has 2 bridgehead atoms. The number of benzene rings is 2. The van der Waals surface area contributed by atoms with Crippen molar-refractivity contribution in [3.63, 3.8) is 0 Å². The molecular formula is C23H27NO2. The summed E-state index contributed by atoms with van der Waals surface area (Å²) in [6, 6.07) is 20.1. The maximum absolute atomic E-state index is 5.85. The van der Waals surface area contributed by atoms with Gasteiger partial charge in [0.25, 0.3) is 0 Å². The quantitative estimate of drug-likeness (QED) is 0.765. The Labute approximate surface area is 156 Å². The van der Waals surface area contributed by atoms with E-state index in [9.17, 15) is 0 Å². The van der Waals surface area contributed by atoms with Crippen LogP contribution >= 0.6 is 0 Å². The Kier molecular flexibility index (Phi) is 5.37. The van der Waals surface area contributed by atoms with Gasteiger partial charge in [-0.2, -0.15) is 0 Å². The van der Waals surface area contributed by atoms with Crippen LogP contribution in [0, 0.1) is 0 Å². The summed E-state index contributed by atoms with van der Waals surface area (Å²) in [5, 5.41) is 0. The van der Waals surface area contributed by atoms with Crippen LogP contribution < -0.4 is 4.74 Å². The van der Waals surface area contributed by atoms with E-state index < -0.39 is 0 Å². The lowest BCUT2D eigenvalue weighted by Crippen LogP contribution is -2.53. The highest BCUT2D eigenvalue weighted by Gasteiger charge is 2.34. The smallest absolute Gasteiger partial charge is 0.119 e. The first-order chi connectivity index (χ1) is 12.8. The lowest BCUT2D eigenvalue weighted by molar-refractivity contribution is -0.0402. The first-order valence-electron chi connectivity index (χ1n) is 9.65. The van der Waals surface area contributed by atoms with Crippen LogP contribution in [0.4, 0.5) is 0 Å². The van der Waals surface area contributed by atoms with Crippen molar-refractivity contribution in [2.45, 2.75) is 38.4 Å². The SMILES string of the molecule is CCCOc1cccc(C2=CC3COCC(C2)N3Cc2ccccc2)c1. The third-order valence-corrected chi connectivity index (χ3v) is 5.23. The zero-order valence-corrected chi connectivity index (χ0v) is 15.4. The lowest BCUT2D eigenvalue weighted by atomic mass is 9.89. The Morgan fingerprint density at radius 1 is 1.08 bits per heavy atom. The third kappa shape index (κ3) is 3.84. The first-order valence-corrected chi connectivity index (χ1v) is 9.65. The summed E-state index contributed by atoms with van der Waals surface area (Å²) in [7, 11) is 0. The van der Waals surface area contributed by atoms with Crippen LogP contribution in [0.25, 0.3) is 5.57 Å². The van der Waals surface area contributed by atoms with Gasteiger partial charge >= 0.3 is 0 Å². The van der Waals surface area contributed by atoms with Gasteiger partial charge in [0.1, 0.15) is 5.75 Å². The topological polar surface area (TPSA) is 21.7 Å². The molecule has 0 saturated carbocycles. The molecule has 2 atom stereocenters. The van der Waals surface area contributed by atoms with Gasteiger partial charge in [0.15, 0.2) is 0 Å². The molecule has 1 saturated heterocycles. The second kappa shape index (κ2) is 8.07. The molecule has 0 amide bonds. The van der Waals surface area contributed by atoms with Gasteiger partial charge in [0.2, 0.25) is 0 Å². The summed E-state index contributed by atoms with van der Waals surface area (Å²) in [6.45, 7) is 5.48. The van der Waals surface area contributed by atoms with Crippen LogP contribution in [0.2, 0.25) is 0 Å². The molecule has 0 aromatic heterocycles. The monoisotopic (exact) mass is 349 g/mol. The Bertz CT molecular complexity index is 756. The van der Waals surface area contributed by atoms with E-state index in [0.29, 0.717) is 12.1 Å². The fourth-order valence-electron chi connectivity index (χ4n) is 3.92. The van der Waals surface area contributed by atoms with Crippen LogP contribution in [-0.2, 0) is 11.3 Å². The summed E-state index contributed by atoms with van der Waals surface area (Å²) < 4.78 is 11.7. The first kappa shape index (κ1) is 17.3. The number of hydrogen-bond donors (Lipinski definition) is 0. The number of fused-ring (bicyclic) bond motifs is 2. The molecule has 2 aromatic carbocycles. The molecule has 0 aliphatic carbocycles. The van der Waals surface area contributed by atoms with Crippen molar-refractivity contribution < 1.29 is 9.47 Å². The molecule has 2 aliphatic heterocycles. The van der Waals surface area contributed by atoms with Gasteiger partial charge < -0.3 is 9.47 Å². The van der Waals surface area contributed by atoms with Gasteiger partial charge in [0, 0.05) is 12.6 Å². The summed E-state index contributed by atoms with van der Waals surface area (Å²) in [4.78, 5) is 2.60. The Hall–Kier alpha value is -2.10. The van der Waals surface area contributed by atoms with Gasteiger partial charge in [0.05, 0.1) is 25.9 Å². The van der Waals surface area contributed by atoms with Gasteiger partial charge in [-0.25, -0.2) is 0 Å². The standard InChI is InChI=1S/C23H27NO2/c1-2-11-26-23-10-6-9-19(14-23)20-12-21-16-25-17-22(13-20)24(21)15-18-7-4-3-5-8-18/h3-10,12,14,21-22H,2,11,13,15-17H2,1H3. The second-order valence-corrected chi connectivity index (χ2v) is 7.19. The molecular weight excluding hydrogens is 322 g/mol. The van der Waals surface area contributed by atoms with Gasteiger partial charge in [-0.15, -0.1) is 0 Å².